The number of carbonyl (C=O) groups excluding carboxylic acids is 2. The van der Waals surface area contributed by atoms with Crippen molar-refractivity contribution in [1.29, 1.82) is 0 Å². The Labute approximate surface area is 192 Å². The highest BCUT2D eigenvalue weighted by Gasteiger charge is 2.41. The van der Waals surface area contributed by atoms with Crippen molar-refractivity contribution in [3.63, 3.8) is 0 Å². The molecule has 178 valence electrons. The van der Waals surface area contributed by atoms with E-state index in [-0.39, 0.29) is 47.7 Å². The van der Waals surface area contributed by atoms with Crippen LogP contribution in [0.1, 0.15) is 55.9 Å². The third-order valence-corrected chi connectivity index (χ3v) is 6.86. The van der Waals surface area contributed by atoms with Crippen LogP contribution in [0.25, 0.3) is 10.9 Å². The monoisotopic (exact) mass is 455 g/mol. The lowest BCUT2D eigenvalue weighted by atomic mass is 9.96. The van der Waals surface area contributed by atoms with Gasteiger partial charge < -0.3 is 26.0 Å². The third kappa shape index (κ3) is 4.89. The summed E-state index contributed by atoms with van der Waals surface area (Å²) in [5.74, 6) is -0.330. The number of hydrogen-bond acceptors (Lipinski definition) is 5. The maximum absolute atomic E-state index is 13.2. The number of primary amides is 1. The number of carbonyl (C=O) groups is 2. The fourth-order valence-electron chi connectivity index (χ4n) is 5.44. The van der Waals surface area contributed by atoms with Gasteiger partial charge in [-0.3, -0.25) is 14.5 Å². The number of aliphatic hydroxyl groups excluding tert-OH is 1. The first kappa shape index (κ1) is 23.3. The molecule has 2 bridgehead atoms. The second-order valence-corrected chi connectivity index (χ2v) is 9.51. The van der Waals surface area contributed by atoms with Crippen molar-refractivity contribution in [2.45, 2.75) is 69.8 Å². The van der Waals surface area contributed by atoms with Crippen molar-refractivity contribution in [1.82, 2.24) is 20.1 Å². The number of aliphatic hydroxyl groups is 1. The number of amides is 3. The van der Waals surface area contributed by atoms with Gasteiger partial charge in [0.2, 0.25) is 0 Å². The largest absolute Gasteiger partial charge is 0.390 e. The van der Waals surface area contributed by atoms with Crippen molar-refractivity contribution < 1.29 is 14.7 Å². The molecule has 4 atom stereocenters. The lowest BCUT2D eigenvalue weighted by Crippen LogP contribution is -2.53. The van der Waals surface area contributed by atoms with Crippen molar-refractivity contribution >= 4 is 22.8 Å². The summed E-state index contributed by atoms with van der Waals surface area (Å²) in [6, 6.07) is 9.07. The number of pyridine rings is 1. The van der Waals surface area contributed by atoms with Crippen LogP contribution in [-0.4, -0.2) is 63.8 Å². The molecule has 2 aromatic rings. The number of urea groups is 1. The van der Waals surface area contributed by atoms with E-state index >= 15 is 0 Å². The smallest absolute Gasteiger partial charge is 0.312 e. The number of rotatable bonds is 7. The fraction of sp³-hybridized carbons (Fsp3) is 0.542. The summed E-state index contributed by atoms with van der Waals surface area (Å²) in [4.78, 5) is 39.5. The number of nitrogens with two attached hydrogens (primary N) is 1. The average molecular weight is 456 g/mol. The Hall–Kier alpha value is -2.91. The minimum absolute atomic E-state index is 0.0227. The summed E-state index contributed by atoms with van der Waals surface area (Å²) in [5.41, 5.74) is 5.81. The summed E-state index contributed by atoms with van der Waals surface area (Å²) in [5, 5.41) is 16.7. The Balaban J connectivity index is 1.46. The van der Waals surface area contributed by atoms with Crippen LogP contribution in [0.15, 0.2) is 35.1 Å². The highest BCUT2D eigenvalue weighted by atomic mass is 16.3. The number of piperidine rings is 1. The molecule has 2 saturated heterocycles. The molecule has 2 aliphatic heterocycles. The fourth-order valence-corrected chi connectivity index (χ4v) is 5.44. The number of nitrogens with zero attached hydrogens (tertiary/aromatic N) is 2. The molecule has 3 amide bonds. The molecule has 9 heteroatoms. The van der Waals surface area contributed by atoms with E-state index in [1.54, 1.807) is 10.6 Å². The summed E-state index contributed by atoms with van der Waals surface area (Å²) >= 11 is 0. The number of nitrogens with one attached hydrogen (secondary N) is 2. The molecule has 33 heavy (non-hydrogen) atoms. The topological polar surface area (TPSA) is 130 Å². The van der Waals surface area contributed by atoms with E-state index in [1.807, 2.05) is 38.1 Å². The predicted molar refractivity (Wildman–Crippen MR) is 126 cm³/mol. The van der Waals surface area contributed by atoms with Crippen LogP contribution in [0.5, 0.6) is 0 Å². The summed E-state index contributed by atoms with van der Waals surface area (Å²) in [7, 11) is 0. The lowest BCUT2D eigenvalue weighted by Gasteiger charge is -2.40. The van der Waals surface area contributed by atoms with Crippen molar-refractivity contribution in [2.75, 3.05) is 13.1 Å². The zero-order valence-corrected chi connectivity index (χ0v) is 19.2. The Morgan fingerprint density at radius 1 is 1.18 bits per heavy atom. The van der Waals surface area contributed by atoms with Crippen LogP contribution in [0.4, 0.5) is 4.79 Å². The van der Waals surface area contributed by atoms with E-state index in [4.69, 9.17) is 5.73 Å². The number of benzene rings is 1. The van der Waals surface area contributed by atoms with E-state index in [0.717, 1.165) is 36.6 Å². The van der Waals surface area contributed by atoms with Gasteiger partial charge in [0.05, 0.1) is 11.6 Å². The predicted octanol–water partition coefficient (Wildman–Crippen LogP) is 1.34. The molecule has 0 spiro atoms. The van der Waals surface area contributed by atoms with Gasteiger partial charge in [-0.05, 0) is 57.0 Å². The molecular formula is C24H33N5O4. The Morgan fingerprint density at radius 2 is 1.85 bits per heavy atom. The van der Waals surface area contributed by atoms with E-state index in [0.29, 0.717) is 6.54 Å². The number of para-hydroxylation sites is 1. The minimum Gasteiger partial charge on any atom is -0.390 e. The summed E-state index contributed by atoms with van der Waals surface area (Å²) < 4.78 is 1.68. The van der Waals surface area contributed by atoms with Crippen LogP contribution in [0, 0.1) is 0 Å². The van der Waals surface area contributed by atoms with E-state index in [2.05, 4.69) is 15.5 Å². The van der Waals surface area contributed by atoms with E-state index in [9.17, 15) is 19.5 Å². The second kappa shape index (κ2) is 9.52. The Kier molecular flexibility index (Phi) is 6.71. The molecular weight excluding hydrogens is 422 g/mol. The molecule has 2 aliphatic rings. The van der Waals surface area contributed by atoms with Crippen molar-refractivity contribution in [3.05, 3.63) is 46.2 Å². The number of aromatic nitrogens is 1. The standard InChI is InChI=1S/C24H33N5O4/c1-14(2)29-21-6-4-3-5-15(21)9-20(23(29)32)22(31)27-16-10-17-7-8-18(11-16)28(17)13-19(30)12-26-24(25)33/h3-6,9,14,16-19,30H,7-8,10-13H2,1-2H3,(H,27,31)(H3,25,26,33)/t16?,17-,18+,19?. The van der Waals surface area contributed by atoms with Crippen LogP contribution >= 0.6 is 0 Å². The Morgan fingerprint density at radius 3 is 2.48 bits per heavy atom. The van der Waals surface area contributed by atoms with Crippen LogP contribution in [-0.2, 0) is 0 Å². The molecule has 4 rings (SSSR count). The molecule has 2 unspecified atom stereocenters. The van der Waals surface area contributed by atoms with Crippen molar-refractivity contribution in [2.24, 2.45) is 5.73 Å². The van der Waals surface area contributed by atoms with Gasteiger partial charge in [-0.25, -0.2) is 4.79 Å². The maximum Gasteiger partial charge on any atom is 0.312 e. The van der Waals surface area contributed by atoms with Crippen molar-refractivity contribution in [3.8, 4) is 0 Å². The minimum atomic E-state index is -0.696. The first-order valence-corrected chi connectivity index (χ1v) is 11.7. The van der Waals surface area contributed by atoms with Gasteiger partial charge in [0.1, 0.15) is 5.56 Å². The molecule has 0 aliphatic carbocycles. The molecule has 0 radical (unpaired) electrons. The van der Waals surface area contributed by atoms with Gasteiger partial charge in [-0.1, -0.05) is 18.2 Å². The van der Waals surface area contributed by atoms with Gasteiger partial charge >= 0.3 is 6.03 Å². The average Bonchev–Trinajstić information content (AvgIpc) is 2.99. The first-order valence-electron chi connectivity index (χ1n) is 11.7. The normalized spacial score (nSPS) is 23.6. The second-order valence-electron chi connectivity index (χ2n) is 9.51. The van der Waals surface area contributed by atoms with E-state index in [1.165, 1.54) is 0 Å². The molecule has 1 aromatic carbocycles. The number of fused-ring (bicyclic) bond motifs is 3. The quantitative estimate of drug-likeness (QED) is 0.501. The van der Waals surface area contributed by atoms with Crippen LogP contribution in [0.3, 0.4) is 0 Å². The zero-order valence-electron chi connectivity index (χ0n) is 19.2. The Bertz CT molecular complexity index is 1080. The molecule has 5 N–H and O–H groups in total. The zero-order chi connectivity index (χ0) is 23.7. The number of hydrogen-bond donors (Lipinski definition) is 4. The molecule has 3 heterocycles. The van der Waals surface area contributed by atoms with Gasteiger partial charge in [0.15, 0.2) is 0 Å². The van der Waals surface area contributed by atoms with Crippen LogP contribution < -0.4 is 21.9 Å². The maximum atomic E-state index is 13.2. The molecule has 2 fully saturated rings. The molecule has 9 nitrogen and oxygen atoms in total. The summed E-state index contributed by atoms with van der Waals surface area (Å²) in [6.07, 6.45) is 2.85. The first-order chi connectivity index (χ1) is 15.7. The third-order valence-electron chi connectivity index (χ3n) is 6.86. The highest BCUT2D eigenvalue weighted by molar-refractivity contribution is 5.97. The van der Waals surface area contributed by atoms with Gasteiger partial charge in [0, 0.05) is 37.3 Å². The molecule has 0 saturated carbocycles. The lowest BCUT2D eigenvalue weighted by molar-refractivity contribution is 0.0514. The SMILES string of the molecule is CC(C)n1c(=O)c(C(=O)NC2C[C@H]3CC[C@@H](C2)N3CC(O)CNC(N)=O)cc2ccccc21. The van der Waals surface area contributed by atoms with Gasteiger partial charge in [-0.2, -0.15) is 0 Å². The van der Waals surface area contributed by atoms with Crippen LogP contribution in [0.2, 0.25) is 0 Å². The van der Waals surface area contributed by atoms with Gasteiger partial charge in [0.25, 0.3) is 11.5 Å². The summed E-state index contributed by atoms with van der Waals surface area (Å²) in [6.45, 7) is 4.46. The molecule has 1 aromatic heterocycles. The van der Waals surface area contributed by atoms with Gasteiger partial charge in [-0.15, -0.1) is 0 Å². The van der Waals surface area contributed by atoms with E-state index < -0.39 is 12.1 Å². The highest BCUT2D eigenvalue weighted by Crippen LogP contribution is 2.35.